The molecule has 2 atom stereocenters. The Kier molecular flexibility index (Phi) is 5.25. The first kappa shape index (κ1) is 16.9. The van der Waals surface area contributed by atoms with Crippen molar-refractivity contribution in [2.45, 2.75) is 12.3 Å². The summed E-state index contributed by atoms with van der Waals surface area (Å²) in [4.78, 5) is 23.8. The Balaban J connectivity index is 1.39. The average molecular weight is 355 g/mol. The molecule has 0 aliphatic heterocycles. The van der Waals surface area contributed by atoms with E-state index in [4.69, 9.17) is 16.6 Å². The summed E-state index contributed by atoms with van der Waals surface area (Å²) < 4.78 is 5.08. The molecule has 3 N–H and O–H groups in total. The number of rotatable bonds is 4. The van der Waals surface area contributed by atoms with Crippen LogP contribution in [0.1, 0.15) is 23.7 Å². The van der Waals surface area contributed by atoms with Gasteiger partial charge in [0.25, 0.3) is 0 Å². The molecule has 7 heteroatoms. The molecule has 1 aromatic carbocycles. The van der Waals surface area contributed by atoms with E-state index in [0.29, 0.717) is 5.76 Å². The van der Waals surface area contributed by atoms with E-state index < -0.39 is 5.91 Å². The summed E-state index contributed by atoms with van der Waals surface area (Å²) in [6, 6.07) is 13.3. The lowest BCUT2D eigenvalue weighted by molar-refractivity contribution is -0.123. The number of nitrogens with one attached hydrogen (secondary N) is 3. The Morgan fingerprint density at radius 2 is 1.92 bits per heavy atom. The second kappa shape index (κ2) is 7.76. The van der Waals surface area contributed by atoms with Gasteiger partial charge in [-0.2, -0.15) is 0 Å². The molecule has 1 heterocycles. The summed E-state index contributed by atoms with van der Waals surface area (Å²) in [5.41, 5.74) is 6.23. The molecular formula is C18H17N3O3S. The van der Waals surface area contributed by atoms with Gasteiger partial charge >= 0.3 is 0 Å². The molecule has 1 aromatic heterocycles. The molecule has 0 bridgehead atoms. The first-order valence-corrected chi connectivity index (χ1v) is 8.21. The lowest BCUT2D eigenvalue weighted by Crippen LogP contribution is -2.48. The molecule has 1 fully saturated rings. The van der Waals surface area contributed by atoms with Crippen molar-refractivity contribution in [3.63, 3.8) is 0 Å². The van der Waals surface area contributed by atoms with Gasteiger partial charge in [-0.3, -0.25) is 25.8 Å². The summed E-state index contributed by atoms with van der Waals surface area (Å²) in [5, 5.41) is 2.47. The SMILES string of the molecule is O=C(/C=C/c1ccco1)NC(=S)NNC(=O)[C@@H]1C[C@H]1c1ccccc1. The minimum absolute atomic E-state index is 0.0272. The van der Waals surface area contributed by atoms with Gasteiger partial charge in [-0.05, 0) is 48.3 Å². The number of furan rings is 1. The molecule has 0 spiro atoms. The lowest BCUT2D eigenvalue weighted by Gasteiger charge is -2.09. The fourth-order valence-electron chi connectivity index (χ4n) is 2.49. The van der Waals surface area contributed by atoms with Crippen molar-refractivity contribution in [2.24, 2.45) is 5.92 Å². The largest absolute Gasteiger partial charge is 0.465 e. The Hall–Kier alpha value is -2.93. The molecular weight excluding hydrogens is 338 g/mol. The molecule has 3 rings (SSSR count). The van der Waals surface area contributed by atoms with Crippen molar-refractivity contribution < 1.29 is 14.0 Å². The number of carbonyl (C=O) groups excluding carboxylic acids is 2. The van der Waals surface area contributed by atoms with Crippen LogP contribution in [-0.4, -0.2) is 16.9 Å². The molecule has 2 amide bonds. The standard InChI is InChI=1S/C18H17N3O3S/c22-16(9-8-13-7-4-10-24-13)19-18(25)21-20-17(23)15-11-14(15)12-5-2-1-3-6-12/h1-10,14-15H,11H2,(H,20,23)(H2,19,21,22,25)/b9-8+/t14-,15+/m0/s1. The molecule has 1 aliphatic rings. The highest BCUT2D eigenvalue weighted by molar-refractivity contribution is 7.80. The van der Waals surface area contributed by atoms with Gasteiger partial charge in [0.2, 0.25) is 11.8 Å². The van der Waals surface area contributed by atoms with E-state index in [2.05, 4.69) is 16.2 Å². The fraction of sp³-hybridized carbons (Fsp3) is 0.167. The average Bonchev–Trinajstić information content (AvgIpc) is 3.26. The molecule has 0 radical (unpaired) electrons. The molecule has 128 valence electrons. The first-order valence-electron chi connectivity index (χ1n) is 7.81. The molecule has 0 saturated heterocycles. The third-order valence-corrected chi connectivity index (χ3v) is 4.04. The van der Waals surface area contributed by atoms with Crippen molar-refractivity contribution >= 4 is 35.2 Å². The zero-order chi connectivity index (χ0) is 17.6. The fourth-order valence-corrected chi connectivity index (χ4v) is 2.64. The summed E-state index contributed by atoms with van der Waals surface area (Å²) in [5.74, 6) is 0.158. The number of thiocarbonyl (C=S) groups is 1. The third kappa shape index (κ3) is 4.77. The molecule has 0 unspecified atom stereocenters. The van der Waals surface area contributed by atoms with E-state index in [1.807, 2.05) is 30.3 Å². The van der Waals surface area contributed by atoms with Crippen molar-refractivity contribution in [3.05, 3.63) is 66.1 Å². The summed E-state index contributed by atoms with van der Waals surface area (Å²) >= 11 is 4.98. The molecule has 6 nitrogen and oxygen atoms in total. The molecule has 1 aliphatic carbocycles. The quantitative estimate of drug-likeness (QED) is 0.445. The van der Waals surface area contributed by atoms with Crippen LogP contribution in [0.2, 0.25) is 0 Å². The van der Waals surface area contributed by atoms with Gasteiger partial charge in [-0.1, -0.05) is 30.3 Å². The number of hydrazine groups is 1. The van der Waals surface area contributed by atoms with E-state index in [-0.39, 0.29) is 22.9 Å². The van der Waals surface area contributed by atoms with E-state index in [0.717, 1.165) is 12.0 Å². The van der Waals surface area contributed by atoms with Crippen LogP contribution >= 0.6 is 12.2 Å². The second-order valence-electron chi connectivity index (χ2n) is 5.64. The van der Waals surface area contributed by atoms with E-state index in [9.17, 15) is 9.59 Å². The zero-order valence-corrected chi connectivity index (χ0v) is 14.1. The smallest absolute Gasteiger partial charge is 0.250 e. The van der Waals surface area contributed by atoms with Gasteiger partial charge in [0.15, 0.2) is 5.11 Å². The predicted octanol–water partition coefficient (Wildman–Crippen LogP) is 2.12. The van der Waals surface area contributed by atoms with E-state index in [1.54, 1.807) is 12.1 Å². The van der Waals surface area contributed by atoms with Crippen LogP contribution in [0.4, 0.5) is 0 Å². The number of amides is 2. The monoisotopic (exact) mass is 355 g/mol. The number of carbonyl (C=O) groups is 2. The van der Waals surface area contributed by atoms with Crippen LogP contribution in [0.5, 0.6) is 0 Å². The zero-order valence-electron chi connectivity index (χ0n) is 13.3. The van der Waals surface area contributed by atoms with Gasteiger partial charge in [-0.25, -0.2) is 0 Å². The summed E-state index contributed by atoms with van der Waals surface area (Å²) in [7, 11) is 0. The van der Waals surface area contributed by atoms with Crippen molar-refractivity contribution in [1.82, 2.24) is 16.2 Å². The van der Waals surface area contributed by atoms with Gasteiger partial charge in [-0.15, -0.1) is 0 Å². The van der Waals surface area contributed by atoms with Crippen LogP contribution < -0.4 is 16.2 Å². The van der Waals surface area contributed by atoms with Gasteiger partial charge in [0.05, 0.1) is 6.26 Å². The molecule has 2 aromatic rings. The highest BCUT2D eigenvalue weighted by Crippen LogP contribution is 2.47. The van der Waals surface area contributed by atoms with Gasteiger partial charge in [0.1, 0.15) is 5.76 Å². The third-order valence-electron chi connectivity index (χ3n) is 3.83. The highest BCUT2D eigenvalue weighted by atomic mass is 32.1. The minimum atomic E-state index is -0.420. The van der Waals surface area contributed by atoms with Crippen LogP contribution in [0.25, 0.3) is 6.08 Å². The van der Waals surface area contributed by atoms with Gasteiger partial charge in [0, 0.05) is 12.0 Å². The Morgan fingerprint density at radius 3 is 2.64 bits per heavy atom. The second-order valence-corrected chi connectivity index (χ2v) is 6.05. The summed E-state index contributed by atoms with van der Waals surface area (Å²) in [6.07, 6.45) is 5.13. The number of benzene rings is 1. The normalized spacial score (nSPS) is 18.6. The Labute approximate surface area is 150 Å². The van der Waals surface area contributed by atoms with Crippen LogP contribution in [0.3, 0.4) is 0 Å². The van der Waals surface area contributed by atoms with E-state index in [1.165, 1.54) is 18.4 Å². The van der Waals surface area contributed by atoms with Crippen LogP contribution in [0.15, 0.2) is 59.2 Å². The maximum atomic E-state index is 12.1. The van der Waals surface area contributed by atoms with Crippen molar-refractivity contribution in [3.8, 4) is 0 Å². The van der Waals surface area contributed by atoms with Gasteiger partial charge < -0.3 is 4.42 Å². The highest BCUT2D eigenvalue weighted by Gasteiger charge is 2.43. The number of hydrogen-bond acceptors (Lipinski definition) is 4. The minimum Gasteiger partial charge on any atom is -0.465 e. The first-order chi connectivity index (χ1) is 12.1. The summed E-state index contributed by atoms with van der Waals surface area (Å²) in [6.45, 7) is 0. The van der Waals surface area contributed by atoms with E-state index >= 15 is 0 Å². The topological polar surface area (TPSA) is 83.4 Å². The maximum Gasteiger partial charge on any atom is 0.250 e. The molecule has 1 saturated carbocycles. The van der Waals surface area contributed by atoms with Crippen LogP contribution in [0, 0.1) is 5.92 Å². The van der Waals surface area contributed by atoms with Crippen LogP contribution in [-0.2, 0) is 9.59 Å². The maximum absolute atomic E-state index is 12.1. The number of hydrogen-bond donors (Lipinski definition) is 3. The van der Waals surface area contributed by atoms with Crippen molar-refractivity contribution in [1.29, 1.82) is 0 Å². The van der Waals surface area contributed by atoms with Crippen molar-refractivity contribution in [2.75, 3.05) is 0 Å². The lowest BCUT2D eigenvalue weighted by atomic mass is 10.1. The Bertz CT molecular complexity index is 787. The molecule has 25 heavy (non-hydrogen) atoms. The Morgan fingerprint density at radius 1 is 1.12 bits per heavy atom. The predicted molar refractivity (Wildman–Crippen MR) is 97.1 cm³/mol.